The van der Waals surface area contributed by atoms with Crippen molar-refractivity contribution in [2.45, 2.75) is 0 Å². The molecule has 0 heterocycles. The molecular formula is CH4NO3PS. The second-order valence-electron chi connectivity index (χ2n) is 0.791. The van der Waals surface area contributed by atoms with Crippen molar-refractivity contribution in [1.82, 2.24) is 5.09 Å². The van der Waals surface area contributed by atoms with Crippen molar-refractivity contribution in [1.29, 1.82) is 0 Å². The van der Waals surface area contributed by atoms with Gasteiger partial charge in [-0.15, -0.1) is 0 Å². The van der Waals surface area contributed by atoms with Crippen LogP contribution in [-0.2, 0) is 16.6 Å². The van der Waals surface area contributed by atoms with Crippen LogP contribution in [0.1, 0.15) is 0 Å². The third kappa shape index (κ3) is 6.04. The summed E-state index contributed by atoms with van der Waals surface area (Å²) in [6.45, 7) is -3.45. The molecule has 0 atom stereocenters. The van der Waals surface area contributed by atoms with E-state index in [0.29, 0.717) is 0 Å². The quantitative estimate of drug-likeness (QED) is 0.338. The first kappa shape index (κ1) is 7.04. The zero-order chi connectivity index (χ0) is 5.91. The Hall–Kier alpha value is 0.0400. The van der Waals surface area contributed by atoms with Gasteiger partial charge in [-0.25, -0.2) is 0 Å². The number of carbonyl (C=O) groups is 1. The first-order valence-corrected chi connectivity index (χ1v) is 4.04. The van der Waals surface area contributed by atoms with E-state index in [9.17, 15) is 4.79 Å². The summed E-state index contributed by atoms with van der Waals surface area (Å²) in [5.41, 5.74) is 0. The van der Waals surface area contributed by atoms with Gasteiger partial charge in [-0.2, -0.15) is 0 Å². The maximum absolute atomic E-state index is 9.35. The zero-order valence-electron chi connectivity index (χ0n) is 3.24. The first-order chi connectivity index (χ1) is 3.06. The van der Waals surface area contributed by atoms with Crippen LogP contribution in [0.5, 0.6) is 0 Å². The fourth-order valence-electron chi connectivity index (χ4n) is 0.0687. The summed E-state index contributed by atoms with van der Waals surface area (Å²) in [6, 6.07) is 0. The number of amides is 1. The van der Waals surface area contributed by atoms with Crippen LogP contribution < -0.4 is 5.09 Å². The molecule has 0 unspecified atom stereocenters. The highest BCUT2D eigenvalue weighted by molar-refractivity contribution is 8.08. The molecule has 7 heavy (non-hydrogen) atoms. The molecule has 0 bridgehead atoms. The van der Waals surface area contributed by atoms with Crippen LogP contribution in [0.25, 0.3) is 0 Å². The topological polar surface area (TPSA) is 69.6 Å². The second kappa shape index (κ2) is 2.37. The monoisotopic (exact) mass is 141 g/mol. The zero-order valence-corrected chi connectivity index (χ0v) is 4.95. The lowest BCUT2D eigenvalue weighted by Gasteiger charge is -2.00. The normalized spacial score (nSPS) is 10.6. The maximum Gasteiger partial charge on any atom is 0.284 e. The highest BCUT2D eigenvalue weighted by Gasteiger charge is 2.00. The summed E-state index contributed by atoms with van der Waals surface area (Å²) in [5.74, 6) is 0. The molecule has 1 amide bonds. The molecule has 0 fully saturated rings. The van der Waals surface area contributed by atoms with Gasteiger partial charge in [0.25, 0.3) is 6.64 Å². The lowest BCUT2D eigenvalue weighted by Crippen LogP contribution is -2.04. The van der Waals surface area contributed by atoms with E-state index in [1.165, 1.54) is 0 Å². The SMILES string of the molecule is O=CNP(O)(O)=S. The van der Waals surface area contributed by atoms with Gasteiger partial charge in [-0.3, -0.25) is 9.88 Å². The largest absolute Gasteiger partial charge is 0.330 e. The van der Waals surface area contributed by atoms with Gasteiger partial charge >= 0.3 is 0 Å². The Balaban J connectivity index is 3.57. The van der Waals surface area contributed by atoms with E-state index in [4.69, 9.17) is 9.79 Å². The van der Waals surface area contributed by atoms with Crippen molar-refractivity contribution in [3.63, 3.8) is 0 Å². The predicted molar refractivity (Wildman–Crippen MR) is 27.9 cm³/mol. The molecule has 0 saturated heterocycles. The molecule has 0 spiro atoms. The van der Waals surface area contributed by atoms with Gasteiger partial charge in [0.15, 0.2) is 0 Å². The standard InChI is InChI=1S/CH4NO3PS/c3-1-2-6(4,5)7/h1H,(H3,2,3,4,5,7). The lowest BCUT2D eigenvalue weighted by atomic mass is 11.5. The van der Waals surface area contributed by atoms with Gasteiger partial charge in [0.2, 0.25) is 6.41 Å². The Morgan fingerprint density at radius 3 is 2.14 bits per heavy atom. The number of nitrogens with one attached hydrogen (secondary N) is 1. The molecular weight excluding hydrogens is 137 g/mol. The third-order valence-corrected chi connectivity index (χ3v) is 0.979. The fourth-order valence-corrected chi connectivity index (χ4v) is 0.335. The molecule has 0 rings (SSSR count). The van der Waals surface area contributed by atoms with E-state index in [-0.39, 0.29) is 6.41 Å². The van der Waals surface area contributed by atoms with E-state index in [0.717, 1.165) is 0 Å². The molecule has 0 aliphatic heterocycles. The summed E-state index contributed by atoms with van der Waals surface area (Å²) in [7, 11) is 0. The Kier molecular flexibility index (Phi) is 2.39. The molecule has 0 radical (unpaired) electrons. The third-order valence-electron chi connectivity index (χ3n) is 0.221. The van der Waals surface area contributed by atoms with Gasteiger partial charge < -0.3 is 9.79 Å². The van der Waals surface area contributed by atoms with Gasteiger partial charge in [0, 0.05) is 0 Å². The Labute approximate surface area is 45.4 Å². The van der Waals surface area contributed by atoms with E-state index in [1.807, 2.05) is 0 Å². The molecule has 0 aromatic carbocycles. The molecule has 0 aliphatic carbocycles. The Morgan fingerprint density at radius 2 is 2.14 bits per heavy atom. The number of hydrogen-bond donors (Lipinski definition) is 3. The van der Waals surface area contributed by atoms with Gasteiger partial charge in [0.1, 0.15) is 0 Å². The highest BCUT2D eigenvalue weighted by atomic mass is 32.5. The predicted octanol–water partition coefficient (Wildman–Crippen LogP) is -1.06. The summed E-state index contributed by atoms with van der Waals surface area (Å²) in [4.78, 5) is 25.7. The number of rotatable bonds is 2. The van der Waals surface area contributed by atoms with Crippen LogP contribution in [0.3, 0.4) is 0 Å². The molecule has 3 N–H and O–H groups in total. The molecule has 42 valence electrons. The van der Waals surface area contributed by atoms with Crippen LogP contribution in [0.4, 0.5) is 0 Å². The van der Waals surface area contributed by atoms with Crippen molar-refractivity contribution >= 4 is 24.9 Å². The fraction of sp³-hybridized carbons (Fsp3) is 0. The molecule has 0 saturated carbocycles. The summed E-state index contributed by atoms with van der Waals surface area (Å²) in [6.07, 6.45) is 0.154. The van der Waals surface area contributed by atoms with Crippen LogP contribution in [0.15, 0.2) is 0 Å². The van der Waals surface area contributed by atoms with Gasteiger partial charge in [-0.1, -0.05) is 0 Å². The Morgan fingerprint density at radius 1 is 1.71 bits per heavy atom. The van der Waals surface area contributed by atoms with E-state index in [1.54, 1.807) is 5.09 Å². The summed E-state index contributed by atoms with van der Waals surface area (Å²) < 4.78 is 0. The smallest absolute Gasteiger partial charge is 0.284 e. The Bertz CT molecular complexity index is 108. The molecule has 0 aromatic rings. The molecule has 6 heteroatoms. The molecule has 0 aliphatic rings. The van der Waals surface area contributed by atoms with Crippen LogP contribution in [0, 0.1) is 0 Å². The minimum Gasteiger partial charge on any atom is -0.330 e. The van der Waals surface area contributed by atoms with Crippen LogP contribution in [0.2, 0.25) is 0 Å². The minimum absolute atomic E-state index is 0.154. The van der Waals surface area contributed by atoms with E-state index < -0.39 is 6.64 Å². The minimum atomic E-state index is -3.45. The van der Waals surface area contributed by atoms with E-state index >= 15 is 0 Å². The average molecular weight is 141 g/mol. The van der Waals surface area contributed by atoms with Crippen molar-refractivity contribution in [3.8, 4) is 0 Å². The number of carbonyl (C=O) groups excluding carboxylic acids is 1. The van der Waals surface area contributed by atoms with Crippen molar-refractivity contribution < 1.29 is 14.6 Å². The highest BCUT2D eigenvalue weighted by Crippen LogP contribution is 2.26. The summed E-state index contributed by atoms with van der Waals surface area (Å²) in [5, 5.41) is 1.64. The summed E-state index contributed by atoms with van der Waals surface area (Å²) >= 11 is 3.96. The van der Waals surface area contributed by atoms with Gasteiger partial charge in [-0.05, 0) is 11.8 Å². The second-order valence-corrected chi connectivity index (χ2v) is 3.66. The van der Waals surface area contributed by atoms with Gasteiger partial charge in [0.05, 0.1) is 0 Å². The average Bonchev–Trinajstić information content (AvgIpc) is 1.30. The number of hydrogen-bond acceptors (Lipinski definition) is 2. The van der Waals surface area contributed by atoms with Crippen LogP contribution >= 0.6 is 6.64 Å². The van der Waals surface area contributed by atoms with Crippen molar-refractivity contribution in [2.75, 3.05) is 0 Å². The lowest BCUT2D eigenvalue weighted by molar-refractivity contribution is -0.108. The maximum atomic E-state index is 9.35. The first-order valence-electron chi connectivity index (χ1n) is 1.33. The molecule has 4 nitrogen and oxygen atoms in total. The molecule has 0 aromatic heterocycles. The van der Waals surface area contributed by atoms with Crippen molar-refractivity contribution in [3.05, 3.63) is 0 Å². The van der Waals surface area contributed by atoms with Crippen molar-refractivity contribution in [2.24, 2.45) is 0 Å². The van der Waals surface area contributed by atoms with E-state index in [2.05, 4.69) is 11.8 Å². The van der Waals surface area contributed by atoms with Crippen LogP contribution in [-0.4, -0.2) is 16.2 Å².